The van der Waals surface area contributed by atoms with Gasteiger partial charge in [-0.15, -0.1) is 0 Å². The van der Waals surface area contributed by atoms with E-state index in [-0.39, 0.29) is 16.7 Å². The van der Waals surface area contributed by atoms with Gasteiger partial charge < -0.3 is 10.4 Å². The zero-order chi connectivity index (χ0) is 11.6. The molecule has 1 aromatic rings. The van der Waals surface area contributed by atoms with Gasteiger partial charge in [-0.05, 0) is 32.0 Å². The topological polar surface area (TPSA) is 92.4 Å². The van der Waals surface area contributed by atoms with Crippen LogP contribution in [0.4, 0.5) is 5.69 Å². The Morgan fingerprint density at radius 2 is 2.00 bits per heavy atom. The van der Waals surface area contributed by atoms with Crippen LogP contribution in [0.2, 0.25) is 0 Å². The Kier molecular flexibility index (Phi) is 3.21. The number of sulfonamides is 1. The van der Waals surface area contributed by atoms with Crippen molar-refractivity contribution >= 4 is 15.7 Å². The molecule has 0 saturated heterocycles. The maximum Gasteiger partial charge on any atom is 0.238 e. The maximum atomic E-state index is 11.1. The quantitative estimate of drug-likeness (QED) is 0.671. The molecule has 0 amide bonds. The predicted molar refractivity (Wildman–Crippen MR) is 58.2 cm³/mol. The molecule has 0 atom stereocenters. The van der Waals surface area contributed by atoms with E-state index in [0.717, 1.165) is 0 Å². The Hall–Kier alpha value is -1.27. The molecule has 0 bridgehead atoms. The first-order chi connectivity index (χ1) is 6.80. The van der Waals surface area contributed by atoms with Crippen LogP contribution in [0.25, 0.3) is 0 Å². The van der Waals surface area contributed by atoms with E-state index >= 15 is 0 Å². The van der Waals surface area contributed by atoms with Crippen molar-refractivity contribution in [2.45, 2.75) is 24.8 Å². The first kappa shape index (κ1) is 11.8. The van der Waals surface area contributed by atoms with Crippen molar-refractivity contribution in [1.29, 1.82) is 0 Å². The summed E-state index contributed by atoms with van der Waals surface area (Å²) >= 11 is 0. The normalized spacial score (nSPS) is 11.7. The van der Waals surface area contributed by atoms with Gasteiger partial charge in [0.05, 0.1) is 10.6 Å². The molecule has 5 nitrogen and oxygen atoms in total. The number of rotatable bonds is 3. The van der Waals surface area contributed by atoms with Crippen LogP contribution in [-0.2, 0) is 10.0 Å². The van der Waals surface area contributed by atoms with E-state index in [1.807, 2.05) is 13.8 Å². The van der Waals surface area contributed by atoms with Crippen LogP contribution in [0.15, 0.2) is 23.1 Å². The molecule has 0 radical (unpaired) electrons. The minimum Gasteiger partial charge on any atom is -0.506 e. The molecule has 0 aliphatic carbocycles. The van der Waals surface area contributed by atoms with Gasteiger partial charge in [-0.25, -0.2) is 13.6 Å². The zero-order valence-corrected chi connectivity index (χ0v) is 9.38. The standard InChI is InChI=1S/C9H14N2O3S/c1-6(2)11-8-5-7(15(10,13)14)3-4-9(8)12/h3-6,11-12H,1-2H3,(H2,10,13,14). The fourth-order valence-corrected chi connectivity index (χ4v) is 1.66. The van der Waals surface area contributed by atoms with E-state index in [4.69, 9.17) is 5.14 Å². The lowest BCUT2D eigenvalue weighted by Gasteiger charge is -2.12. The minimum absolute atomic E-state index is 0.00361. The molecule has 0 heterocycles. The molecule has 0 saturated carbocycles. The number of benzene rings is 1. The first-order valence-corrected chi connectivity index (χ1v) is 5.97. The number of nitrogens with one attached hydrogen (secondary N) is 1. The number of aromatic hydroxyl groups is 1. The van der Waals surface area contributed by atoms with Gasteiger partial charge in [0.15, 0.2) is 0 Å². The van der Waals surface area contributed by atoms with E-state index < -0.39 is 10.0 Å². The molecule has 0 aromatic heterocycles. The third-order valence-electron chi connectivity index (χ3n) is 1.74. The summed E-state index contributed by atoms with van der Waals surface area (Å²) in [6.07, 6.45) is 0. The van der Waals surface area contributed by atoms with Crippen molar-refractivity contribution in [3.63, 3.8) is 0 Å². The number of primary sulfonamides is 1. The molecule has 1 rings (SSSR count). The smallest absolute Gasteiger partial charge is 0.238 e. The third kappa shape index (κ3) is 3.10. The molecule has 0 aliphatic rings. The molecular weight excluding hydrogens is 216 g/mol. The Labute approximate surface area is 89.0 Å². The van der Waals surface area contributed by atoms with Gasteiger partial charge in [-0.3, -0.25) is 0 Å². The summed E-state index contributed by atoms with van der Waals surface area (Å²) in [5, 5.41) is 17.3. The number of hydrogen-bond acceptors (Lipinski definition) is 4. The summed E-state index contributed by atoms with van der Waals surface area (Å²) in [5.41, 5.74) is 0.358. The minimum atomic E-state index is -3.73. The summed E-state index contributed by atoms with van der Waals surface area (Å²) in [6, 6.07) is 3.96. The number of phenolic OH excluding ortho intramolecular Hbond substituents is 1. The summed E-state index contributed by atoms with van der Waals surface area (Å²) in [7, 11) is -3.73. The number of nitrogens with two attached hydrogens (primary N) is 1. The highest BCUT2D eigenvalue weighted by Gasteiger charge is 2.11. The lowest BCUT2D eigenvalue weighted by Crippen LogP contribution is -2.14. The molecule has 0 fully saturated rings. The molecule has 6 heteroatoms. The SMILES string of the molecule is CC(C)Nc1cc(S(N)(=O)=O)ccc1O. The van der Waals surface area contributed by atoms with Crippen molar-refractivity contribution in [2.75, 3.05) is 5.32 Å². The fraction of sp³-hybridized carbons (Fsp3) is 0.333. The van der Waals surface area contributed by atoms with Gasteiger partial charge in [0.1, 0.15) is 5.75 Å². The molecule has 4 N–H and O–H groups in total. The average Bonchev–Trinajstić information content (AvgIpc) is 2.06. The largest absolute Gasteiger partial charge is 0.506 e. The van der Waals surface area contributed by atoms with Crippen LogP contribution >= 0.6 is 0 Å². The number of phenols is 1. The lowest BCUT2D eigenvalue weighted by molar-refractivity contribution is 0.476. The zero-order valence-electron chi connectivity index (χ0n) is 8.56. The van der Waals surface area contributed by atoms with Crippen LogP contribution in [0.1, 0.15) is 13.8 Å². The van der Waals surface area contributed by atoms with Crippen LogP contribution in [-0.4, -0.2) is 19.6 Å². The van der Waals surface area contributed by atoms with E-state index in [1.54, 1.807) is 0 Å². The third-order valence-corrected chi connectivity index (χ3v) is 2.65. The van der Waals surface area contributed by atoms with Crippen molar-refractivity contribution in [1.82, 2.24) is 0 Å². The van der Waals surface area contributed by atoms with Crippen LogP contribution in [0.5, 0.6) is 5.75 Å². The predicted octanol–water partition coefficient (Wildman–Crippen LogP) is 0.860. The van der Waals surface area contributed by atoms with E-state index in [9.17, 15) is 13.5 Å². The molecule has 0 aliphatic heterocycles. The molecule has 1 aromatic carbocycles. The van der Waals surface area contributed by atoms with E-state index in [1.165, 1.54) is 18.2 Å². The first-order valence-electron chi connectivity index (χ1n) is 4.43. The molecular formula is C9H14N2O3S. The number of anilines is 1. The average molecular weight is 230 g/mol. The highest BCUT2D eigenvalue weighted by Crippen LogP contribution is 2.26. The highest BCUT2D eigenvalue weighted by atomic mass is 32.2. The van der Waals surface area contributed by atoms with Gasteiger partial charge in [0.2, 0.25) is 10.0 Å². The van der Waals surface area contributed by atoms with Crippen molar-refractivity contribution < 1.29 is 13.5 Å². The molecule has 84 valence electrons. The number of hydrogen-bond donors (Lipinski definition) is 3. The lowest BCUT2D eigenvalue weighted by atomic mass is 10.2. The molecule has 0 unspecified atom stereocenters. The highest BCUT2D eigenvalue weighted by molar-refractivity contribution is 7.89. The Morgan fingerprint density at radius 3 is 2.47 bits per heavy atom. The second-order valence-electron chi connectivity index (χ2n) is 3.52. The van der Waals surface area contributed by atoms with Gasteiger partial charge in [0, 0.05) is 6.04 Å². The Morgan fingerprint density at radius 1 is 1.40 bits per heavy atom. The van der Waals surface area contributed by atoms with Crippen LogP contribution < -0.4 is 10.5 Å². The fourth-order valence-electron chi connectivity index (χ4n) is 1.12. The van der Waals surface area contributed by atoms with Crippen molar-refractivity contribution in [2.24, 2.45) is 5.14 Å². The second-order valence-corrected chi connectivity index (χ2v) is 5.08. The Balaban J connectivity index is 3.17. The summed E-state index contributed by atoms with van der Waals surface area (Å²) < 4.78 is 22.1. The summed E-state index contributed by atoms with van der Waals surface area (Å²) in [4.78, 5) is -0.0246. The molecule has 15 heavy (non-hydrogen) atoms. The van der Waals surface area contributed by atoms with E-state index in [2.05, 4.69) is 5.32 Å². The second kappa shape index (κ2) is 4.08. The van der Waals surface area contributed by atoms with Crippen LogP contribution in [0.3, 0.4) is 0 Å². The van der Waals surface area contributed by atoms with E-state index in [0.29, 0.717) is 5.69 Å². The van der Waals surface area contributed by atoms with Crippen molar-refractivity contribution in [3.8, 4) is 5.75 Å². The van der Waals surface area contributed by atoms with Gasteiger partial charge in [-0.1, -0.05) is 0 Å². The Bertz CT molecular complexity index is 454. The maximum absolute atomic E-state index is 11.1. The van der Waals surface area contributed by atoms with Gasteiger partial charge >= 0.3 is 0 Å². The monoisotopic (exact) mass is 230 g/mol. The summed E-state index contributed by atoms with van der Waals surface area (Å²) in [5.74, 6) is -0.00361. The van der Waals surface area contributed by atoms with Crippen molar-refractivity contribution in [3.05, 3.63) is 18.2 Å². The van der Waals surface area contributed by atoms with Crippen LogP contribution in [0, 0.1) is 0 Å². The summed E-state index contributed by atoms with van der Waals surface area (Å²) in [6.45, 7) is 3.76. The van der Waals surface area contributed by atoms with Gasteiger partial charge in [0.25, 0.3) is 0 Å². The van der Waals surface area contributed by atoms with Gasteiger partial charge in [-0.2, -0.15) is 0 Å². The molecule has 0 spiro atoms.